The fourth-order valence-corrected chi connectivity index (χ4v) is 3.16. The lowest BCUT2D eigenvalue weighted by Crippen LogP contribution is -2.22. The number of ether oxygens (including phenoxy) is 2. The monoisotopic (exact) mass is 283 g/mol. The molecule has 1 heterocycles. The summed E-state index contributed by atoms with van der Waals surface area (Å²) in [5.41, 5.74) is 6.21. The highest BCUT2D eigenvalue weighted by molar-refractivity contribution is 7.99. The Morgan fingerprint density at radius 2 is 2.11 bits per heavy atom. The van der Waals surface area contributed by atoms with Gasteiger partial charge in [-0.15, -0.1) is 0 Å². The van der Waals surface area contributed by atoms with Crippen molar-refractivity contribution in [3.8, 4) is 11.5 Å². The van der Waals surface area contributed by atoms with E-state index in [1.54, 1.807) is 13.2 Å². The predicted molar refractivity (Wildman–Crippen MR) is 78.0 cm³/mol. The summed E-state index contributed by atoms with van der Waals surface area (Å²) in [6.45, 7) is 0.198. The Kier molecular flexibility index (Phi) is 5.36. The highest BCUT2D eigenvalue weighted by Crippen LogP contribution is 2.32. The first-order chi connectivity index (χ1) is 9.24. The van der Waals surface area contributed by atoms with Gasteiger partial charge in [0, 0.05) is 6.54 Å². The molecule has 0 radical (unpaired) electrons. The minimum atomic E-state index is -0.658. The number of methoxy groups -OCH3 is 1. The van der Waals surface area contributed by atoms with Gasteiger partial charge >= 0.3 is 0 Å². The van der Waals surface area contributed by atoms with E-state index in [0.717, 1.165) is 35.7 Å². The summed E-state index contributed by atoms with van der Waals surface area (Å²) < 4.78 is 11.3. The van der Waals surface area contributed by atoms with Crippen LogP contribution in [0.25, 0.3) is 0 Å². The zero-order valence-electron chi connectivity index (χ0n) is 11.2. The van der Waals surface area contributed by atoms with Crippen molar-refractivity contribution in [2.45, 2.75) is 25.0 Å². The molecule has 1 aromatic rings. The van der Waals surface area contributed by atoms with Crippen LogP contribution in [0.3, 0.4) is 0 Å². The van der Waals surface area contributed by atoms with Gasteiger partial charge in [0.1, 0.15) is 6.10 Å². The van der Waals surface area contributed by atoms with Crippen LogP contribution in [-0.4, -0.2) is 36.4 Å². The van der Waals surface area contributed by atoms with Crippen molar-refractivity contribution in [3.63, 3.8) is 0 Å². The van der Waals surface area contributed by atoms with Crippen LogP contribution >= 0.6 is 11.8 Å². The van der Waals surface area contributed by atoms with E-state index in [4.69, 9.17) is 15.2 Å². The van der Waals surface area contributed by atoms with Gasteiger partial charge in [0.05, 0.1) is 13.2 Å². The minimum absolute atomic E-state index is 0.198. The van der Waals surface area contributed by atoms with E-state index in [9.17, 15) is 5.11 Å². The van der Waals surface area contributed by atoms with Crippen LogP contribution in [0.4, 0.5) is 0 Å². The van der Waals surface area contributed by atoms with E-state index in [-0.39, 0.29) is 12.6 Å². The van der Waals surface area contributed by atoms with Crippen molar-refractivity contribution in [2.24, 2.45) is 5.73 Å². The lowest BCUT2D eigenvalue weighted by Gasteiger charge is -2.24. The number of thioether (sulfide) groups is 1. The summed E-state index contributed by atoms with van der Waals surface area (Å²) in [4.78, 5) is 0. The van der Waals surface area contributed by atoms with E-state index in [1.165, 1.54) is 0 Å². The zero-order chi connectivity index (χ0) is 13.7. The number of nitrogens with two attached hydrogens (primary N) is 1. The molecule has 0 bridgehead atoms. The van der Waals surface area contributed by atoms with Crippen molar-refractivity contribution in [3.05, 3.63) is 23.8 Å². The number of rotatable bonds is 5. The summed E-state index contributed by atoms with van der Waals surface area (Å²) in [6.07, 6.45) is 1.75. The van der Waals surface area contributed by atoms with Crippen LogP contribution in [-0.2, 0) is 0 Å². The summed E-state index contributed by atoms with van der Waals surface area (Å²) in [7, 11) is 1.61. The maximum Gasteiger partial charge on any atom is 0.161 e. The smallest absolute Gasteiger partial charge is 0.161 e. The molecule has 1 aromatic carbocycles. The average molecular weight is 283 g/mol. The summed E-state index contributed by atoms with van der Waals surface area (Å²) in [5, 5.41) is 9.74. The molecule has 0 amide bonds. The predicted octanol–water partition coefficient (Wildman–Crippen LogP) is 1.96. The topological polar surface area (TPSA) is 64.7 Å². The molecule has 1 unspecified atom stereocenters. The Bertz CT molecular complexity index is 408. The van der Waals surface area contributed by atoms with E-state index >= 15 is 0 Å². The zero-order valence-corrected chi connectivity index (χ0v) is 12.0. The highest BCUT2D eigenvalue weighted by atomic mass is 32.2. The lowest BCUT2D eigenvalue weighted by molar-refractivity contribution is 0.179. The molecule has 4 nitrogen and oxygen atoms in total. The van der Waals surface area contributed by atoms with Crippen LogP contribution in [0.15, 0.2) is 18.2 Å². The fraction of sp³-hybridized carbons (Fsp3) is 0.571. The van der Waals surface area contributed by atoms with Crippen LogP contribution in [0.2, 0.25) is 0 Å². The molecule has 106 valence electrons. The molecule has 19 heavy (non-hydrogen) atoms. The maximum atomic E-state index is 9.74. The lowest BCUT2D eigenvalue weighted by atomic mass is 10.1. The summed E-state index contributed by atoms with van der Waals surface area (Å²) in [6, 6.07) is 5.49. The molecule has 2 rings (SSSR count). The van der Waals surface area contributed by atoms with E-state index < -0.39 is 6.10 Å². The Morgan fingerprint density at radius 3 is 2.74 bits per heavy atom. The van der Waals surface area contributed by atoms with Gasteiger partial charge in [-0.2, -0.15) is 11.8 Å². The fourth-order valence-electron chi connectivity index (χ4n) is 2.10. The standard InChI is InChI=1S/C14H21NO3S/c1-17-14-8-10(12(16)9-15)2-3-13(14)18-11-4-6-19-7-5-11/h2-3,8,11-12,16H,4-7,9,15H2,1H3. The Hall–Kier alpha value is -0.910. The van der Waals surface area contributed by atoms with Crippen molar-refractivity contribution >= 4 is 11.8 Å². The van der Waals surface area contributed by atoms with Crippen LogP contribution < -0.4 is 15.2 Å². The molecule has 0 aromatic heterocycles. The van der Waals surface area contributed by atoms with Gasteiger partial charge in [0.2, 0.25) is 0 Å². The molecule has 1 saturated heterocycles. The van der Waals surface area contributed by atoms with Gasteiger partial charge in [-0.1, -0.05) is 6.07 Å². The van der Waals surface area contributed by atoms with Gasteiger partial charge in [0.25, 0.3) is 0 Å². The minimum Gasteiger partial charge on any atom is -0.493 e. The van der Waals surface area contributed by atoms with Gasteiger partial charge in [0.15, 0.2) is 11.5 Å². The molecule has 1 aliphatic rings. The number of aliphatic hydroxyl groups is 1. The van der Waals surface area contributed by atoms with Gasteiger partial charge in [-0.05, 0) is 42.0 Å². The molecule has 1 aliphatic heterocycles. The molecule has 5 heteroatoms. The second kappa shape index (κ2) is 7.03. The SMILES string of the molecule is COc1cc(C(O)CN)ccc1OC1CCSCC1. The molecule has 1 fully saturated rings. The molecule has 3 N–H and O–H groups in total. The quantitative estimate of drug-likeness (QED) is 0.865. The van der Waals surface area contributed by atoms with E-state index in [0.29, 0.717) is 5.75 Å². The van der Waals surface area contributed by atoms with E-state index in [1.807, 2.05) is 23.9 Å². The third kappa shape index (κ3) is 3.78. The van der Waals surface area contributed by atoms with Gasteiger partial charge in [-0.3, -0.25) is 0 Å². The van der Waals surface area contributed by atoms with Crippen LogP contribution in [0, 0.1) is 0 Å². The van der Waals surface area contributed by atoms with Crippen molar-refractivity contribution in [1.29, 1.82) is 0 Å². The largest absolute Gasteiger partial charge is 0.493 e. The Labute approximate surface area is 118 Å². The summed E-state index contributed by atoms with van der Waals surface area (Å²) >= 11 is 1.97. The second-order valence-corrected chi connectivity index (χ2v) is 5.82. The molecule has 0 aliphatic carbocycles. The Morgan fingerprint density at radius 1 is 1.37 bits per heavy atom. The third-order valence-electron chi connectivity index (χ3n) is 3.26. The van der Waals surface area contributed by atoms with Gasteiger partial charge in [-0.25, -0.2) is 0 Å². The molecule has 0 saturated carbocycles. The van der Waals surface area contributed by atoms with Crippen molar-refractivity contribution in [1.82, 2.24) is 0 Å². The van der Waals surface area contributed by atoms with Gasteiger partial charge < -0.3 is 20.3 Å². The molecule has 1 atom stereocenters. The third-order valence-corrected chi connectivity index (χ3v) is 4.31. The Balaban J connectivity index is 2.11. The second-order valence-electron chi connectivity index (χ2n) is 4.59. The number of hydrogen-bond acceptors (Lipinski definition) is 5. The number of benzene rings is 1. The summed E-state index contributed by atoms with van der Waals surface area (Å²) in [5.74, 6) is 3.70. The first-order valence-electron chi connectivity index (χ1n) is 6.55. The highest BCUT2D eigenvalue weighted by Gasteiger charge is 2.18. The first-order valence-corrected chi connectivity index (χ1v) is 7.70. The van der Waals surface area contributed by atoms with Crippen molar-refractivity contribution < 1.29 is 14.6 Å². The molecular weight excluding hydrogens is 262 g/mol. The van der Waals surface area contributed by atoms with Crippen LogP contribution in [0.5, 0.6) is 11.5 Å². The number of aliphatic hydroxyl groups excluding tert-OH is 1. The normalized spacial score (nSPS) is 18.1. The average Bonchev–Trinajstić information content (AvgIpc) is 2.48. The number of hydrogen-bond donors (Lipinski definition) is 2. The van der Waals surface area contributed by atoms with E-state index in [2.05, 4.69) is 0 Å². The van der Waals surface area contributed by atoms with Crippen LogP contribution in [0.1, 0.15) is 24.5 Å². The molecular formula is C14H21NO3S. The van der Waals surface area contributed by atoms with Crippen molar-refractivity contribution in [2.75, 3.05) is 25.2 Å². The maximum absolute atomic E-state index is 9.74. The first kappa shape index (κ1) is 14.5. The molecule has 0 spiro atoms.